The average Bonchev–Trinajstić information content (AvgIpc) is 2.28. The maximum Gasteiger partial charge on any atom is 0.120 e. The first-order valence-corrected chi connectivity index (χ1v) is 5.42. The molecular formula is C12H21ClO. The van der Waals surface area contributed by atoms with E-state index >= 15 is 0 Å². The van der Waals surface area contributed by atoms with Crippen LogP contribution in [0.5, 0.6) is 5.75 Å². The first kappa shape index (κ1) is 15.8. The summed E-state index contributed by atoms with van der Waals surface area (Å²) in [5.74, 6) is 0.801. The van der Waals surface area contributed by atoms with E-state index in [0.717, 1.165) is 16.3 Å². The molecule has 0 aromatic heterocycles. The Morgan fingerprint density at radius 1 is 1.07 bits per heavy atom. The smallest absolute Gasteiger partial charge is 0.120 e. The third-order valence-corrected chi connectivity index (χ3v) is 1.79. The summed E-state index contributed by atoms with van der Waals surface area (Å²) in [4.78, 5) is 0. The van der Waals surface area contributed by atoms with Crippen LogP contribution in [0.3, 0.4) is 0 Å². The van der Waals surface area contributed by atoms with Crippen LogP contribution in [0.4, 0.5) is 0 Å². The number of hydrogen-bond acceptors (Lipinski definition) is 1. The van der Waals surface area contributed by atoms with Gasteiger partial charge >= 0.3 is 0 Å². The molecule has 14 heavy (non-hydrogen) atoms. The van der Waals surface area contributed by atoms with Crippen molar-refractivity contribution in [3.63, 3.8) is 0 Å². The maximum absolute atomic E-state index is 5.81. The van der Waals surface area contributed by atoms with Crippen molar-refractivity contribution in [1.29, 1.82) is 0 Å². The number of hydrogen-bond donors (Lipinski definition) is 0. The van der Waals surface area contributed by atoms with Crippen molar-refractivity contribution in [3.05, 3.63) is 28.8 Å². The summed E-state index contributed by atoms with van der Waals surface area (Å²) in [7, 11) is 1.63. The van der Waals surface area contributed by atoms with E-state index in [1.807, 2.05) is 46.8 Å². The molecule has 0 bridgehead atoms. The Hall–Kier alpha value is -0.690. The van der Waals surface area contributed by atoms with E-state index in [0.29, 0.717) is 0 Å². The van der Waals surface area contributed by atoms with Gasteiger partial charge in [0.15, 0.2) is 0 Å². The second kappa shape index (κ2) is 10.4. The van der Waals surface area contributed by atoms with Crippen molar-refractivity contribution in [2.45, 2.75) is 34.6 Å². The molecule has 1 aromatic carbocycles. The van der Waals surface area contributed by atoms with Gasteiger partial charge in [-0.25, -0.2) is 0 Å². The lowest BCUT2D eigenvalue weighted by atomic mass is 10.2. The van der Waals surface area contributed by atoms with Crippen molar-refractivity contribution in [2.75, 3.05) is 7.11 Å². The second-order valence-corrected chi connectivity index (χ2v) is 2.52. The molecule has 0 heterocycles. The third kappa shape index (κ3) is 5.87. The molecule has 0 radical (unpaired) electrons. The Kier molecular flexibility index (Phi) is 11.7. The molecule has 0 saturated heterocycles. The van der Waals surface area contributed by atoms with Crippen molar-refractivity contribution < 1.29 is 4.74 Å². The molecule has 0 saturated carbocycles. The average molecular weight is 217 g/mol. The van der Waals surface area contributed by atoms with Crippen molar-refractivity contribution in [2.24, 2.45) is 0 Å². The van der Waals surface area contributed by atoms with Gasteiger partial charge in [0, 0.05) is 5.02 Å². The molecule has 2 heteroatoms. The van der Waals surface area contributed by atoms with E-state index in [9.17, 15) is 0 Å². The summed E-state index contributed by atoms with van der Waals surface area (Å²) in [6.07, 6.45) is 0. The summed E-state index contributed by atoms with van der Waals surface area (Å²) >= 11 is 5.81. The molecule has 1 rings (SSSR count). The molecule has 0 amide bonds. The minimum Gasteiger partial charge on any atom is -0.497 e. The Morgan fingerprint density at radius 3 is 1.93 bits per heavy atom. The van der Waals surface area contributed by atoms with Gasteiger partial charge < -0.3 is 4.74 Å². The predicted octanol–water partition coefficient (Wildman–Crippen LogP) is 4.71. The predicted molar refractivity (Wildman–Crippen MR) is 65.4 cm³/mol. The molecule has 0 N–H and O–H groups in total. The molecule has 1 nitrogen and oxygen atoms in total. The second-order valence-electron chi connectivity index (χ2n) is 2.12. The Bertz CT molecular complexity index is 234. The summed E-state index contributed by atoms with van der Waals surface area (Å²) in [6, 6.07) is 5.62. The number of ether oxygens (including phenoxy) is 1. The third-order valence-electron chi connectivity index (χ3n) is 1.38. The van der Waals surface area contributed by atoms with Crippen molar-refractivity contribution >= 4 is 11.6 Å². The van der Waals surface area contributed by atoms with Gasteiger partial charge in [-0.3, -0.25) is 0 Å². The normalized spacial score (nSPS) is 7.64. The summed E-state index contributed by atoms with van der Waals surface area (Å²) in [5.41, 5.74) is 1.07. The van der Waals surface area contributed by atoms with Crippen LogP contribution in [-0.4, -0.2) is 7.11 Å². The summed E-state index contributed by atoms with van der Waals surface area (Å²) < 4.78 is 4.97. The number of aryl methyl sites for hydroxylation is 1. The number of methoxy groups -OCH3 is 1. The molecule has 0 aliphatic rings. The van der Waals surface area contributed by atoms with Gasteiger partial charge in [0.05, 0.1) is 7.11 Å². The highest BCUT2D eigenvalue weighted by atomic mass is 35.5. The van der Waals surface area contributed by atoms with E-state index in [4.69, 9.17) is 16.3 Å². The molecule has 1 aromatic rings. The van der Waals surface area contributed by atoms with Gasteiger partial charge in [-0.15, -0.1) is 0 Å². The lowest BCUT2D eigenvalue weighted by Crippen LogP contribution is -1.82. The van der Waals surface area contributed by atoms with Gasteiger partial charge in [-0.05, 0) is 24.6 Å². The van der Waals surface area contributed by atoms with Crippen LogP contribution in [0.15, 0.2) is 18.2 Å². The van der Waals surface area contributed by atoms with E-state index < -0.39 is 0 Å². The molecule has 0 atom stereocenters. The molecule has 0 aliphatic carbocycles. The van der Waals surface area contributed by atoms with E-state index in [-0.39, 0.29) is 0 Å². The van der Waals surface area contributed by atoms with Crippen LogP contribution < -0.4 is 4.74 Å². The standard InChI is InChI=1S/C8H9ClO.2C2H6/c1-6-3-4-7(10-2)5-8(6)9;2*1-2/h3-5H,1-2H3;2*1-2H3. The van der Waals surface area contributed by atoms with Crippen LogP contribution in [0, 0.1) is 6.92 Å². The molecular weight excluding hydrogens is 196 g/mol. The van der Waals surface area contributed by atoms with Crippen LogP contribution in [0.25, 0.3) is 0 Å². The zero-order chi connectivity index (χ0) is 11.6. The van der Waals surface area contributed by atoms with Gasteiger partial charge in [0.2, 0.25) is 0 Å². The zero-order valence-electron chi connectivity index (χ0n) is 10.0. The lowest BCUT2D eigenvalue weighted by Gasteiger charge is -2.00. The van der Waals surface area contributed by atoms with Crippen LogP contribution in [-0.2, 0) is 0 Å². The van der Waals surface area contributed by atoms with Crippen LogP contribution in [0.1, 0.15) is 33.3 Å². The molecule has 82 valence electrons. The minimum atomic E-state index is 0.749. The van der Waals surface area contributed by atoms with Crippen LogP contribution >= 0.6 is 11.6 Å². The highest BCUT2D eigenvalue weighted by Crippen LogP contribution is 2.20. The Balaban J connectivity index is 0. The summed E-state index contributed by atoms with van der Waals surface area (Å²) in [6.45, 7) is 9.96. The van der Waals surface area contributed by atoms with Crippen LogP contribution in [0.2, 0.25) is 5.02 Å². The fourth-order valence-electron chi connectivity index (χ4n) is 0.701. The van der Waals surface area contributed by atoms with E-state index in [1.165, 1.54) is 0 Å². The van der Waals surface area contributed by atoms with E-state index in [2.05, 4.69) is 0 Å². The number of halogens is 1. The zero-order valence-corrected chi connectivity index (χ0v) is 10.8. The maximum atomic E-state index is 5.81. The summed E-state index contributed by atoms with van der Waals surface area (Å²) in [5, 5.41) is 0.749. The SMILES string of the molecule is CC.CC.COc1ccc(C)c(Cl)c1. The monoisotopic (exact) mass is 216 g/mol. The van der Waals surface area contributed by atoms with Crippen molar-refractivity contribution in [1.82, 2.24) is 0 Å². The lowest BCUT2D eigenvalue weighted by molar-refractivity contribution is 0.414. The molecule has 0 spiro atoms. The molecule has 0 aliphatic heterocycles. The largest absolute Gasteiger partial charge is 0.497 e. The Labute approximate surface area is 93.0 Å². The Morgan fingerprint density at radius 2 is 1.57 bits per heavy atom. The molecule has 0 unspecified atom stereocenters. The fourth-order valence-corrected chi connectivity index (χ4v) is 0.871. The number of benzene rings is 1. The van der Waals surface area contributed by atoms with Gasteiger partial charge in [-0.2, -0.15) is 0 Å². The highest BCUT2D eigenvalue weighted by molar-refractivity contribution is 6.31. The van der Waals surface area contributed by atoms with Gasteiger partial charge in [-0.1, -0.05) is 45.4 Å². The highest BCUT2D eigenvalue weighted by Gasteiger charge is 1.95. The first-order chi connectivity index (χ1) is 6.74. The number of rotatable bonds is 1. The van der Waals surface area contributed by atoms with E-state index in [1.54, 1.807) is 13.2 Å². The quantitative estimate of drug-likeness (QED) is 0.661. The van der Waals surface area contributed by atoms with Crippen molar-refractivity contribution in [3.8, 4) is 5.75 Å². The first-order valence-electron chi connectivity index (χ1n) is 5.04. The topological polar surface area (TPSA) is 9.23 Å². The van der Waals surface area contributed by atoms with Gasteiger partial charge in [0.25, 0.3) is 0 Å². The van der Waals surface area contributed by atoms with Gasteiger partial charge in [0.1, 0.15) is 5.75 Å². The fraction of sp³-hybridized carbons (Fsp3) is 0.500. The molecule has 0 fully saturated rings. The minimum absolute atomic E-state index is 0.749.